The van der Waals surface area contributed by atoms with Gasteiger partial charge in [-0.25, -0.2) is 0 Å². The van der Waals surface area contributed by atoms with E-state index in [0.717, 1.165) is 5.75 Å². The van der Waals surface area contributed by atoms with E-state index in [1.54, 1.807) is 5.57 Å². The minimum Gasteiger partial charge on any atom is -0.543 e. The van der Waals surface area contributed by atoms with E-state index >= 15 is 0 Å². The molecule has 0 spiro atoms. The van der Waals surface area contributed by atoms with Crippen molar-refractivity contribution in [3.8, 4) is 5.75 Å². The van der Waals surface area contributed by atoms with Gasteiger partial charge >= 0.3 is 0 Å². The highest BCUT2D eigenvalue weighted by Crippen LogP contribution is 2.42. The molecule has 1 aliphatic carbocycles. The molecule has 0 aliphatic heterocycles. The van der Waals surface area contributed by atoms with E-state index in [2.05, 4.69) is 105 Å². The summed E-state index contributed by atoms with van der Waals surface area (Å²) < 4.78 is 6.58. The van der Waals surface area contributed by atoms with Gasteiger partial charge in [0.2, 0.25) is 8.32 Å². The lowest BCUT2D eigenvalue weighted by Gasteiger charge is -2.38. The third-order valence-electron chi connectivity index (χ3n) is 8.34. The maximum absolute atomic E-state index is 6.58. The first-order valence-electron chi connectivity index (χ1n) is 14.0. The number of benzene rings is 1. The van der Waals surface area contributed by atoms with Crippen molar-refractivity contribution in [2.24, 2.45) is 5.41 Å². The molecule has 1 unspecified atom stereocenters. The molecule has 1 aromatic rings. The van der Waals surface area contributed by atoms with Crippen LogP contribution in [0.5, 0.6) is 5.75 Å². The van der Waals surface area contributed by atoms with Gasteiger partial charge in [-0.15, -0.1) is 0 Å². The summed E-state index contributed by atoms with van der Waals surface area (Å²) in [5.41, 5.74) is 7.96. The van der Waals surface area contributed by atoms with Crippen molar-refractivity contribution in [1.82, 2.24) is 0 Å². The van der Waals surface area contributed by atoms with Crippen molar-refractivity contribution in [3.63, 3.8) is 0 Å². The summed E-state index contributed by atoms with van der Waals surface area (Å²) in [5.74, 6) is 1.08. The van der Waals surface area contributed by atoms with E-state index in [9.17, 15) is 0 Å². The summed E-state index contributed by atoms with van der Waals surface area (Å²) in [7, 11) is -1.79. The number of fused-ring (bicyclic) bond motifs is 1. The lowest BCUT2D eigenvalue weighted by molar-refractivity contribution is 0.257. The molecule has 0 aromatic heterocycles. The second-order valence-corrected chi connectivity index (χ2v) is 18.0. The van der Waals surface area contributed by atoms with Crippen LogP contribution in [0.25, 0.3) is 0 Å². The predicted octanol–water partition coefficient (Wildman–Crippen LogP) is 10.8. The van der Waals surface area contributed by atoms with Crippen LogP contribution in [0, 0.1) is 5.41 Å². The molecule has 0 radical (unpaired) electrons. The van der Waals surface area contributed by atoms with Gasteiger partial charge in [0, 0.05) is 0 Å². The van der Waals surface area contributed by atoms with E-state index in [1.807, 2.05) is 0 Å². The van der Waals surface area contributed by atoms with Crippen molar-refractivity contribution in [1.29, 1.82) is 0 Å². The van der Waals surface area contributed by atoms with E-state index in [1.165, 1.54) is 80.1 Å². The minimum absolute atomic E-state index is 0.230. The molecule has 1 atom stereocenters. The first kappa shape index (κ1) is 29.7. The smallest absolute Gasteiger partial charge is 0.250 e. The Bertz CT molecular complexity index is 921. The van der Waals surface area contributed by atoms with Gasteiger partial charge in [0.1, 0.15) is 5.75 Å². The fraction of sp³-hybridized carbons (Fsp3) is 0.636. The quantitative estimate of drug-likeness (QED) is 0.219. The summed E-state index contributed by atoms with van der Waals surface area (Å²) in [4.78, 5) is 0. The standard InChI is InChI=1S/C33H54OSi/c1-26(2)14-11-15-27(3)16-12-17-28(4)18-13-22-33(8)23-21-29-24-31(20-19-30(29)25-33)34-35(9,10)32(5,6)7/h14,16,18-20,24H,11-13,15,17,21-23,25H2,1-10H3/b27-16+,28-18+. The van der Waals surface area contributed by atoms with E-state index < -0.39 is 8.32 Å². The summed E-state index contributed by atoms with van der Waals surface area (Å²) >= 11 is 0. The lowest BCUT2D eigenvalue weighted by atomic mass is 9.70. The van der Waals surface area contributed by atoms with Crippen molar-refractivity contribution < 1.29 is 4.43 Å². The second-order valence-electron chi connectivity index (χ2n) is 13.3. The highest BCUT2D eigenvalue weighted by molar-refractivity contribution is 6.74. The van der Waals surface area contributed by atoms with Crippen molar-refractivity contribution >= 4 is 8.32 Å². The van der Waals surface area contributed by atoms with Crippen LogP contribution in [0.1, 0.15) is 111 Å². The van der Waals surface area contributed by atoms with Gasteiger partial charge in [0.05, 0.1) is 0 Å². The molecular formula is C33H54OSi. The van der Waals surface area contributed by atoms with Crippen LogP contribution in [0.3, 0.4) is 0 Å². The minimum atomic E-state index is -1.79. The Labute approximate surface area is 219 Å². The van der Waals surface area contributed by atoms with Crippen molar-refractivity contribution in [3.05, 3.63) is 64.3 Å². The molecule has 0 amide bonds. The zero-order chi connectivity index (χ0) is 26.3. The normalized spacial score (nSPS) is 19.4. The molecule has 0 saturated carbocycles. The SMILES string of the molecule is CC(C)=CCC/C(C)=C/CC/C(C)=C/CCC1(C)CCc2cc(O[Si](C)(C)C(C)(C)C)ccc2C1. The average Bonchev–Trinajstić information content (AvgIpc) is 2.72. The Kier molecular flexibility index (Phi) is 10.7. The molecule has 0 saturated heterocycles. The summed E-state index contributed by atoms with van der Waals surface area (Å²) in [6.07, 6.45) is 18.2. The first-order valence-corrected chi connectivity index (χ1v) is 16.9. The summed E-state index contributed by atoms with van der Waals surface area (Å²) in [6.45, 7) is 23.1. The summed E-state index contributed by atoms with van der Waals surface area (Å²) in [5, 5.41) is 0.230. The van der Waals surface area contributed by atoms with Gasteiger partial charge in [0.15, 0.2) is 0 Å². The van der Waals surface area contributed by atoms with Gasteiger partial charge < -0.3 is 4.43 Å². The number of aryl methyl sites for hydroxylation is 1. The fourth-order valence-electron chi connectivity index (χ4n) is 4.72. The molecule has 0 bridgehead atoms. The van der Waals surface area contributed by atoms with Gasteiger partial charge in [-0.2, -0.15) is 0 Å². The molecule has 1 aliphatic rings. The Morgan fingerprint density at radius 1 is 0.914 bits per heavy atom. The third kappa shape index (κ3) is 9.79. The first-order chi connectivity index (χ1) is 16.2. The van der Waals surface area contributed by atoms with Crippen molar-refractivity contribution in [2.45, 2.75) is 131 Å². The number of rotatable bonds is 11. The van der Waals surface area contributed by atoms with Crippen LogP contribution < -0.4 is 4.43 Å². The molecule has 35 heavy (non-hydrogen) atoms. The van der Waals surface area contributed by atoms with Gasteiger partial charge in [-0.1, -0.05) is 68.7 Å². The third-order valence-corrected chi connectivity index (χ3v) is 12.7. The van der Waals surface area contributed by atoms with Crippen LogP contribution in [0.2, 0.25) is 18.1 Å². The van der Waals surface area contributed by atoms with Crippen LogP contribution in [0.4, 0.5) is 0 Å². The fourth-order valence-corrected chi connectivity index (χ4v) is 5.75. The molecule has 0 fully saturated rings. The molecular weight excluding hydrogens is 440 g/mol. The highest BCUT2D eigenvalue weighted by atomic mass is 28.4. The van der Waals surface area contributed by atoms with E-state index in [4.69, 9.17) is 4.43 Å². The zero-order valence-corrected chi connectivity index (χ0v) is 25.7. The number of hydrogen-bond donors (Lipinski definition) is 0. The topological polar surface area (TPSA) is 9.23 Å². The monoisotopic (exact) mass is 494 g/mol. The zero-order valence-electron chi connectivity index (χ0n) is 24.7. The Morgan fingerprint density at radius 2 is 1.51 bits per heavy atom. The van der Waals surface area contributed by atoms with E-state index in [-0.39, 0.29) is 5.04 Å². The van der Waals surface area contributed by atoms with Crippen LogP contribution >= 0.6 is 0 Å². The Morgan fingerprint density at radius 3 is 2.11 bits per heavy atom. The molecule has 2 heteroatoms. The lowest BCUT2D eigenvalue weighted by Crippen LogP contribution is -2.43. The molecule has 196 valence electrons. The average molecular weight is 495 g/mol. The van der Waals surface area contributed by atoms with Crippen LogP contribution in [0.15, 0.2) is 53.1 Å². The number of hydrogen-bond acceptors (Lipinski definition) is 1. The maximum Gasteiger partial charge on any atom is 0.250 e. The molecule has 0 N–H and O–H groups in total. The molecule has 2 rings (SSSR count). The Balaban J connectivity index is 1.85. The van der Waals surface area contributed by atoms with Crippen LogP contribution in [-0.2, 0) is 12.8 Å². The molecule has 1 nitrogen and oxygen atoms in total. The predicted molar refractivity (Wildman–Crippen MR) is 159 cm³/mol. The summed E-state index contributed by atoms with van der Waals surface area (Å²) in [6, 6.07) is 6.92. The Hall–Kier alpha value is -1.54. The molecule has 1 aromatic carbocycles. The molecule has 0 heterocycles. The second kappa shape index (κ2) is 12.6. The number of allylic oxidation sites excluding steroid dienone is 6. The van der Waals surface area contributed by atoms with Gasteiger partial charge in [-0.3, -0.25) is 0 Å². The largest absolute Gasteiger partial charge is 0.543 e. The maximum atomic E-state index is 6.58. The van der Waals surface area contributed by atoms with Crippen molar-refractivity contribution in [2.75, 3.05) is 0 Å². The van der Waals surface area contributed by atoms with E-state index in [0.29, 0.717) is 5.41 Å². The van der Waals surface area contributed by atoms with Crippen LogP contribution in [-0.4, -0.2) is 8.32 Å². The van der Waals surface area contributed by atoms with Gasteiger partial charge in [-0.05, 0) is 132 Å². The van der Waals surface area contributed by atoms with Gasteiger partial charge in [0.25, 0.3) is 0 Å². The highest BCUT2D eigenvalue weighted by Gasteiger charge is 2.39.